The van der Waals surface area contributed by atoms with E-state index in [0.717, 1.165) is 13.0 Å². The topological polar surface area (TPSA) is 9.23 Å². The molecule has 0 amide bonds. The van der Waals surface area contributed by atoms with Gasteiger partial charge in [0.15, 0.2) is 17.5 Å². The Labute approximate surface area is 165 Å². The Morgan fingerprint density at radius 3 is 1.87 bits per heavy atom. The maximum absolute atomic E-state index is 14.5. The van der Waals surface area contributed by atoms with Gasteiger partial charge in [0.2, 0.25) is 0 Å². The summed E-state index contributed by atoms with van der Waals surface area (Å²) < 4.78 is 116. The molecule has 0 bridgehead atoms. The summed E-state index contributed by atoms with van der Waals surface area (Å²) in [5.41, 5.74) is -2.73. The van der Waals surface area contributed by atoms with Crippen LogP contribution in [0.4, 0.5) is 35.1 Å². The van der Waals surface area contributed by atoms with E-state index in [1.807, 2.05) is 0 Å². The molecule has 0 saturated carbocycles. The van der Waals surface area contributed by atoms with E-state index in [1.165, 1.54) is 12.1 Å². The Hall–Kier alpha value is -3.10. The lowest BCUT2D eigenvalue weighted by Crippen LogP contribution is -2.26. The third kappa shape index (κ3) is 3.83. The third-order valence-electron chi connectivity index (χ3n) is 4.37. The van der Waals surface area contributed by atoms with Crippen molar-refractivity contribution in [3.05, 3.63) is 88.0 Å². The minimum atomic E-state index is -4.72. The number of ether oxygens (including phenoxy) is 1. The minimum absolute atomic E-state index is 0.132. The van der Waals surface area contributed by atoms with Crippen molar-refractivity contribution in [2.75, 3.05) is 0 Å². The van der Waals surface area contributed by atoms with Crippen LogP contribution in [0, 0.1) is 48.8 Å². The maximum atomic E-state index is 14.5. The highest BCUT2D eigenvalue weighted by Gasteiger charge is 2.42. The largest absolute Gasteiger partial charge is 0.432 e. The van der Waals surface area contributed by atoms with Gasteiger partial charge in [-0.05, 0) is 43.2 Å². The fourth-order valence-electron chi connectivity index (χ4n) is 2.82. The van der Waals surface area contributed by atoms with Gasteiger partial charge in [0.05, 0.1) is 0 Å². The number of hydrogen-bond acceptors (Lipinski definition) is 1. The molecule has 0 atom stereocenters. The highest BCUT2D eigenvalue weighted by Crippen LogP contribution is 2.39. The Balaban J connectivity index is 2.05. The fraction of sp³-hybridized carbons (Fsp3) is 0.143. The van der Waals surface area contributed by atoms with E-state index < -0.39 is 57.9 Å². The zero-order valence-electron chi connectivity index (χ0n) is 15.4. The summed E-state index contributed by atoms with van der Waals surface area (Å²) in [6, 6.07) is 4.86. The Bertz CT molecular complexity index is 1120. The number of aryl methyl sites for hydroxylation is 1. The molecular formula is C21H12F8O. The molecule has 3 aromatic carbocycles. The maximum Gasteiger partial charge on any atom is 0.432 e. The summed E-state index contributed by atoms with van der Waals surface area (Å²) in [6.07, 6.45) is -4.72. The van der Waals surface area contributed by atoms with Crippen molar-refractivity contribution < 1.29 is 39.9 Å². The molecule has 0 fully saturated rings. The predicted molar refractivity (Wildman–Crippen MR) is 92.1 cm³/mol. The number of hydrogen-bond donors (Lipinski definition) is 0. The smallest absolute Gasteiger partial charge is 0.428 e. The van der Waals surface area contributed by atoms with E-state index in [1.54, 1.807) is 6.92 Å². The summed E-state index contributed by atoms with van der Waals surface area (Å²) in [4.78, 5) is 0. The summed E-state index contributed by atoms with van der Waals surface area (Å²) in [7, 11) is 0. The van der Waals surface area contributed by atoms with Crippen LogP contribution in [0.15, 0.2) is 36.4 Å². The van der Waals surface area contributed by atoms with Gasteiger partial charge in [-0.15, -0.1) is 0 Å². The molecule has 0 radical (unpaired) electrons. The van der Waals surface area contributed by atoms with Gasteiger partial charge in [0, 0.05) is 17.2 Å². The molecule has 158 valence electrons. The highest BCUT2D eigenvalue weighted by molar-refractivity contribution is 5.65. The first-order valence-corrected chi connectivity index (χ1v) is 8.39. The van der Waals surface area contributed by atoms with Crippen LogP contribution in [0.25, 0.3) is 11.1 Å². The molecule has 1 nitrogen and oxygen atoms in total. The predicted octanol–water partition coefficient (Wildman–Crippen LogP) is 6.93. The van der Waals surface area contributed by atoms with Crippen LogP contribution in [0.1, 0.15) is 16.7 Å². The summed E-state index contributed by atoms with van der Waals surface area (Å²) in [5.74, 6) is -11.1. The van der Waals surface area contributed by atoms with Gasteiger partial charge in [-0.3, -0.25) is 0 Å². The van der Waals surface area contributed by atoms with Crippen LogP contribution < -0.4 is 4.74 Å². The lowest BCUT2D eigenvalue weighted by Gasteiger charge is -2.21. The average Bonchev–Trinajstić information content (AvgIpc) is 2.63. The number of alkyl halides is 2. The van der Waals surface area contributed by atoms with Gasteiger partial charge in [-0.2, -0.15) is 8.78 Å². The molecule has 30 heavy (non-hydrogen) atoms. The van der Waals surface area contributed by atoms with Gasteiger partial charge in [0.1, 0.15) is 28.8 Å². The Kier molecular flexibility index (Phi) is 5.49. The highest BCUT2D eigenvalue weighted by atomic mass is 19.3. The average molecular weight is 432 g/mol. The van der Waals surface area contributed by atoms with Crippen LogP contribution in [0.2, 0.25) is 0 Å². The molecule has 3 aromatic rings. The van der Waals surface area contributed by atoms with Gasteiger partial charge in [-0.25, -0.2) is 26.3 Å². The first kappa shape index (κ1) is 21.6. The Morgan fingerprint density at radius 2 is 1.30 bits per heavy atom. The quantitative estimate of drug-likeness (QED) is 0.321. The van der Waals surface area contributed by atoms with Crippen molar-refractivity contribution in [2.45, 2.75) is 20.0 Å². The Morgan fingerprint density at radius 1 is 0.700 bits per heavy atom. The molecule has 3 rings (SSSR count). The van der Waals surface area contributed by atoms with Crippen LogP contribution in [-0.4, -0.2) is 0 Å². The second kappa shape index (κ2) is 7.62. The van der Waals surface area contributed by atoms with Gasteiger partial charge < -0.3 is 4.74 Å². The van der Waals surface area contributed by atoms with Crippen molar-refractivity contribution in [3.63, 3.8) is 0 Å². The zero-order valence-corrected chi connectivity index (χ0v) is 15.4. The molecule has 0 aliphatic rings. The zero-order chi connectivity index (χ0) is 22.4. The van der Waals surface area contributed by atoms with Crippen molar-refractivity contribution in [3.8, 4) is 16.9 Å². The van der Waals surface area contributed by atoms with E-state index in [9.17, 15) is 35.1 Å². The molecule has 0 spiro atoms. The molecule has 0 aliphatic heterocycles. The lowest BCUT2D eigenvalue weighted by atomic mass is 10.0. The van der Waals surface area contributed by atoms with Crippen LogP contribution in [0.3, 0.4) is 0 Å². The monoisotopic (exact) mass is 432 g/mol. The fourth-order valence-corrected chi connectivity index (χ4v) is 2.82. The molecule has 0 saturated heterocycles. The van der Waals surface area contributed by atoms with Crippen molar-refractivity contribution in [1.29, 1.82) is 0 Å². The molecule has 0 aromatic heterocycles. The van der Waals surface area contributed by atoms with Crippen LogP contribution >= 0.6 is 0 Å². The van der Waals surface area contributed by atoms with E-state index in [2.05, 4.69) is 4.74 Å². The number of benzene rings is 3. The molecule has 0 heterocycles. The SMILES string of the molecule is Cc1ccc(-c2cc(F)c(C(F)(F)Oc3cc(F)c(F)c(F)c3C)c(F)c2)c(F)c1. The lowest BCUT2D eigenvalue weighted by molar-refractivity contribution is -0.190. The standard InChI is InChI=1S/C21H12F8O/c1-9-3-4-12(13(22)5-9)11-6-14(23)18(15(24)7-11)21(28,29)30-17-8-16(25)20(27)19(26)10(17)2/h3-8H,1-2H3. The number of rotatable bonds is 4. The van der Waals surface area contributed by atoms with Crippen LogP contribution in [0.5, 0.6) is 5.75 Å². The number of halogens is 8. The first-order chi connectivity index (χ1) is 13.9. The van der Waals surface area contributed by atoms with Crippen molar-refractivity contribution in [2.24, 2.45) is 0 Å². The van der Waals surface area contributed by atoms with Gasteiger partial charge in [-0.1, -0.05) is 12.1 Å². The van der Waals surface area contributed by atoms with Crippen molar-refractivity contribution >= 4 is 0 Å². The summed E-state index contributed by atoms with van der Waals surface area (Å²) in [5, 5.41) is 0. The van der Waals surface area contributed by atoms with Gasteiger partial charge >= 0.3 is 6.11 Å². The molecule has 0 unspecified atom stereocenters. The summed E-state index contributed by atoms with van der Waals surface area (Å²) in [6.45, 7) is 2.40. The first-order valence-electron chi connectivity index (χ1n) is 8.39. The van der Waals surface area contributed by atoms with Crippen LogP contribution in [-0.2, 0) is 6.11 Å². The van der Waals surface area contributed by atoms with E-state index in [4.69, 9.17) is 0 Å². The van der Waals surface area contributed by atoms with E-state index in [-0.39, 0.29) is 17.2 Å². The molecular weight excluding hydrogens is 420 g/mol. The minimum Gasteiger partial charge on any atom is -0.428 e. The van der Waals surface area contributed by atoms with Gasteiger partial charge in [0.25, 0.3) is 0 Å². The third-order valence-corrected chi connectivity index (χ3v) is 4.37. The molecule has 0 N–H and O–H groups in total. The van der Waals surface area contributed by atoms with E-state index in [0.29, 0.717) is 17.7 Å². The summed E-state index contributed by atoms with van der Waals surface area (Å²) >= 11 is 0. The molecule has 0 aliphatic carbocycles. The van der Waals surface area contributed by atoms with Crippen molar-refractivity contribution in [1.82, 2.24) is 0 Å². The molecule has 9 heteroatoms. The second-order valence-corrected chi connectivity index (χ2v) is 6.53. The second-order valence-electron chi connectivity index (χ2n) is 6.53. The normalized spacial score (nSPS) is 11.7. The van der Waals surface area contributed by atoms with E-state index >= 15 is 0 Å².